The minimum atomic E-state index is -0.717. The maximum absolute atomic E-state index is 14.2. The Kier molecular flexibility index (Phi) is 11.3. The number of hydrogen-bond acceptors (Lipinski definition) is 4. The standard InChI is InChI=1S/C29H32ClFN2O3S/c1-3-15-32-29(35)27(17-21-9-5-4-6-10-21)33(18-22-11-7-12-23(16-22)36-2)28(34)20-37-19-24-25(30)13-8-14-26(24)31/h4-14,16,27H,3,15,17-20H2,1-2H3,(H,32,35)/t27-/m1/s1. The lowest BCUT2D eigenvalue weighted by atomic mass is 10.0. The molecule has 196 valence electrons. The second kappa shape index (κ2) is 14.6. The summed E-state index contributed by atoms with van der Waals surface area (Å²) in [5.74, 6) is 0.165. The van der Waals surface area contributed by atoms with Gasteiger partial charge in [-0.1, -0.05) is 67.1 Å². The van der Waals surface area contributed by atoms with Crippen LogP contribution in [0.25, 0.3) is 0 Å². The lowest BCUT2D eigenvalue weighted by molar-refractivity contribution is -0.139. The largest absolute Gasteiger partial charge is 0.497 e. The molecule has 0 radical (unpaired) electrons. The van der Waals surface area contributed by atoms with Crippen LogP contribution in [0.5, 0.6) is 5.75 Å². The van der Waals surface area contributed by atoms with E-state index < -0.39 is 11.9 Å². The van der Waals surface area contributed by atoms with Crippen LogP contribution in [0, 0.1) is 5.82 Å². The molecule has 2 amide bonds. The van der Waals surface area contributed by atoms with Gasteiger partial charge in [0.25, 0.3) is 0 Å². The summed E-state index contributed by atoms with van der Waals surface area (Å²) in [4.78, 5) is 28.6. The first-order chi connectivity index (χ1) is 17.9. The van der Waals surface area contributed by atoms with Crippen molar-refractivity contribution >= 4 is 35.2 Å². The van der Waals surface area contributed by atoms with E-state index >= 15 is 0 Å². The van der Waals surface area contributed by atoms with Crippen LogP contribution < -0.4 is 10.1 Å². The van der Waals surface area contributed by atoms with Crippen LogP contribution in [0.4, 0.5) is 4.39 Å². The third-order valence-corrected chi connectivity index (χ3v) is 7.14. The van der Waals surface area contributed by atoms with Gasteiger partial charge in [0.2, 0.25) is 11.8 Å². The van der Waals surface area contributed by atoms with Gasteiger partial charge in [-0.05, 0) is 41.8 Å². The maximum atomic E-state index is 14.2. The van der Waals surface area contributed by atoms with Gasteiger partial charge in [0, 0.05) is 35.8 Å². The molecule has 3 rings (SSSR count). The number of rotatable bonds is 13. The lowest BCUT2D eigenvalue weighted by Gasteiger charge is -2.31. The van der Waals surface area contributed by atoms with Crippen LogP contribution in [-0.2, 0) is 28.3 Å². The number of thioether (sulfide) groups is 1. The maximum Gasteiger partial charge on any atom is 0.243 e. The summed E-state index contributed by atoms with van der Waals surface area (Å²) in [6, 6.07) is 20.9. The fourth-order valence-corrected chi connectivity index (χ4v) is 5.13. The van der Waals surface area contributed by atoms with E-state index in [0.717, 1.165) is 17.5 Å². The number of nitrogens with one attached hydrogen (secondary N) is 1. The van der Waals surface area contributed by atoms with Crippen LogP contribution in [0.3, 0.4) is 0 Å². The number of halogens is 2. The van der Waals surface area contributed by atoms with Crippen molar-refractivity contribution in [1.82, 2.24) is 10.2 Å². The van der Waals surface area contributed by atoms with E-state index in [9.17, 15) is 14.0 Å². The molecule has 1 N–H and O–H groups in total. The summed E-state index contributed by atoms with van der Waals surface area (Å²) in [6.07, 6.45) is 1.16. The number of methoxy groups -OCH3 is 1. The molecule has 0 aliphatic rings. The van der Waals surface area contributed by atoms with Gasteiger partial charge in [-0.2, -0.15) is 0 Å². The first-order valence-corrected chi connectivity index (χ1v) is 13.7. The minimum absolute atomic E-state index is 0.0704. The highest BCUT2D eigenvalue weighted by atomic mass is 35.5. The van der Waals surface area contributed by atoms with Gasteiger partial charge in [-0.3, -0.25) is 9.59 Å². The van der Waals surface area contributed by atoms with E-state index in [-0.39, 0.29) is 29.9 Å². The van der Waals surface area contributed by atoms with E-state index in [4.69, 9.17) is 16.3 Å². The molecule has 0 unspecified atom stereocenters. The molecule has 0 saturated heterocycles. The molecule has 0 aromatic heterocycles. The van der Waals surface area contributed by atoms with Gasteiger partial charge < -0.3 is 15.0 Å². The molecule has 0 spiro atoms. The van der Waals surface area contributed by atoms with Crippen LogP contribution in [-0.4, -0.2) is 42.2 Å². The van der Waals surface area contributed by atoms with Gasteiger partial charge in [0.1, 0.15) is 17.6 Å². The molecule has 0 bridgehead atoms. The van der Waals surface area contributed by atoms with Crippen molar-refractivity contribution in [1.29, 1.82) is 0 Å². The van der Waals surface area contributed by atoms with Crippen molar-refractivity contribution in [3.8, 4) is 5.75 Å². The number of ether oxygens (including phenoxy) is 1. The highest BCUT2D eigenvalue weighted by Gasteiger charge is 2.30. The number of nitrogens with zero attached hydrogens (tertiary/aromatic N) is 1. The summed E-state index contributed by atoms with van der Waals surface area (Å²) in [5, 5.41) is 3.29. The second-order valence-corrected chi connectivity index (χ2v) is 9.96. The van der Waals surface area contributed by atoms with Crippen molar-refractivity contribution in [3.63, 3.8) is 0 Å². The number of carbonyl (C=O) groups excluding carboxylic acids is 2. The Bertz CT molecular complexity index is 1160. The smallest absolute Gasteiger partial charge is 0.243 e. The summed E-state index contributed by atoms with van der Waals surface area (Å²) in [7, 11) is 1.59. The van der Waals surface area contributed by atoms with Crippen molar-refractivity contribution in [3.05, 3.63) is 100 Å². The topological polar surface area (TPSA) is 58.6 Å². The quantitative estimate of drug-likeness (QED) is 0.293. The van der Waals surface area contributed by atoms with Gasteiger partial charge in [-0.25, -0.2) is 4.39 Å². The Hall–Kier alpha value is -3.03. The van der Waals surface area contributed by atoms with Gasteiger partial charge in [-0.15, -0.1) is 11.8 Å². The predicted octanol–water partition coefficient (Wildman–Crippen LogP) is 5.89. The van der Waals surface area contributed by atoms with Crippen LogP contribution in [0.15, 0.2) is 72.8 Å². The average molecular weight is 543 g/mol. The SMILES string of the molecule is CCCNC(=O)[C@@H](Cc1ccccc1)N(Cc1cccc(OC)c1)C(=O)CSCc1c(F)cccc1Cl. The average Bonchev–Trinajstić information content (AvgIpc) is 2.91. The predicted molar refractivity (Wildman–Crippen MR) is 148 cm³/mol. The van der Waals surface area contributed by atoms with Crippen molar-refractivity contribution in [2.45, 2.75) is 38.1 Å². The molecular weight excluding hydrogens is 511 g/mol. The molecule has 3 aromatic carbocycles. The second-order valence-electron chi connectivity index (χ2n) is 8.56. The molecule has 5 nitrogen and oxygen atoms in total. The van der Waals surface area contributed by atoms with Crippen LogP contribution in [0.1, 0.15) is 30.0 Å². The van der Waals surface area contributed by atoms with Crippen molar-refractivity contribution in [2.75, 3.05) is 19.4 Å². The zero-order valence-electron chi connectivity index (χ0n) is 21.1. The first kappa shape index (κ1) is 28.5. The summed E-state index contributed by atoms with van der Waals surface area (Å²) in [5.41, 5.74) is 2.16. The Morgan fingerprint density at radius 3 is 2.49 bits per heavy atom. The van der Waals surface area contributed by atoms with E-state index in [1.54, 1.807) is 24.1 Å². The molecule has 1 atom stereocenters. The van der Waals surface area contributed by atoms with E-state index in [0.29, 0.717) is 29.3 Å². The third-order valence-electron chi connectivity index (χ3n) is 5.84. The Morgan fingerprint density at radius 1 is 1.05 bits per heavy atom. The van der Waals surface area contributed by atoms with Gasteiger partial charge >= 0.3 is 0 Å². The molecule has 0 saturated carbocycles. The zero-order chi connectivity index (χ0) is 26.6. The number of hydrogen-bond donors (Lipinski definition) is 1. The normalized spacial score (nSPS) is 11.6. The fraction of sp³-hybridized carbons (Fsp3) is 0.310. The van der Waals surface area contributed by atoms with E-state index in [1.807, 2.05) is 61.5 Å². The molecule has 0 heterocycles. The fourth-order valence-electron chi connectivity index (χ4n) is 3.88. The monoisotopic (exact) mass is 542 g/mol. The first-order valence-electron chi connectivity index (χ1n) is 12.2. The van der Waals surface area contributed by atoms with E-state index in [1.165, 1.54) is 17.8 Å². The summed E-state index contributed by atoms with van der Waals surface area (Å²) in [6.45, 7) is 2.73. The minimum Gasteiger partial charge on any atom is -0.497 e. The molecule has 37 heavy (non-hydrogen) atoms. The zero-order valence-corrected chi connectivity index (χ0v) is 22.7. The molecule has 0 aliphatic carbocycles. The summed E-state index contributed by atoms with van der Waals surface area (Å²) < 4.78 is 19.6. The molecule has 3 aromatic rings. The highest BCUT2D eigenvalue weighted by Crippen LogP contribution is 2.25. The number of amides is 2. The number of carbonyl (C=O) groups is 2. The van der Waals surface area contributed by atoms with Crippen molar-refractivity contribution in [2.24, 2.45) is 0 Å². The Morgan fingerprint density at radius 2 is 1.78 bits per heavy atom. The highest BCUT2D eigenvalue weighted by molar-refractivity contribution is 7.99. The third kappa shape index (κ3) is 8.51. The van der Waals surface area contributed by atoms with Crippen LogP contribution >= 0.6 is 23.4 Å². The molecule has 0 fully saturated rings. The number of benzene rings is 3. The molecule has 8 heteroatoms. The summed E-state index contributed by atoms with van der Waals surface area (Å²) >= 11 is 7.43. The van der Waals surface area contributed by atoms with Gasteiger partial charge in [0.05, 0.1) is 12.9 Å². The van der Waals surface area contributed by atoms with Crippen molar-refractivity contribution < 1.29 is 18.7 Å². The molecule has 0 aliphatic heterocycles. The van der Waals surface area contributed by atoms with Gasteiger partial charge in [0.15, 0.2) is 0 Å². The van der Waals surface area contributed by atoms with Crippen LogP contribution in [0.2, 0.25) is 5.02 Å². The molecular formula is C29H32ClFN2O3S. The Labute approximate surface area is 227 Å². The van der Waals surface area contributed by atoms with E-state index in [2.05, 4.69) is 5.32 Å². The Balaban J connectivity index is 1.87. The lowest BCUT2D eigenvalue weighted by Crippen LogP contribution is -2.51.